The highest BCUT2D eigenvalue weighted by atomic mass is 32.1. The lowest BCUT2D eigenvalue weighted by atomic mass is 10.1. The third-order valence-corrected chi connectivity index (χ3v) is 6.17. The molecule has 0 aliphatic rings. The average molecular weight is 411 g/mol. The molecule has 0 aliphatic carbocycles. The van der Waals surface area contributed by atoms with Gasteiger partial charge in [0.15, 0.2) is 0 Å². The minimum absolute atomic E-state index is 0.370. The number of hydrogen-bond acceptors (Lipinski definition) is 4. The summed E-state index contributed by atoms with van der Waals surface area (Å²) in [6.45, 7) is 0. The van der Waals surface area contributed by atoms with E-state index < -0.39 is 0 Å². The summed E-state index contributed by atoms with van der Waals surface area (Å²) in [7, 11) is 0. The minimum Gasteiger partial charge on any atom is -0.342 e. The SMILES string of the molecule is SC(CCc1nc2ccccc2[nH]1)CCC(S)CCc1nc2ccccc2[nH]1. The third-order valence-electron chi connectivity index (χ3n) is 5.14. The van der Waals surface area contributed by atoms with Gasteiger partial charge in [-0.15, -0.1) is 0 Å². The summed E-state index contributed by atoms with van der Waals surface area (Å²) in [5.41, 5.74) is 4.28. The fraction of sp³-hybridized carbons (Fsp3) is 0.364. The van der Waals surface area contributed by atoms with Gasteiger partial charge in [-0.2, -0.15) is 25.3 Å². The van der Waals surface area contributed by atoms with Crippen LogP contribution >= 0.6 is 25.3 Å². The van der Waals surface area contributed by atoms with Crippen LogP contribution in [0, 0.1) is 0 Å². The first-order valence-electron chi connectivity index (χ1n) is 9.91. The molecule has 0 amide bonds. The van der Waals surface area contributed by atoms with Crippen molar-refractivity contribution in [2.24, 2.45) is 0 Å². The largest absolute Gasteiger partial charge is 0.342 e. The predicted octanol–water partition coefficient (Wildman–Crippen LogP) is 5.38. The van der Waals surface area contributed by atoms with Gasteiger partial charge in [0.25, 0.3) is 0 Å². The van der Waals surface area contributed by atoms with Gasteiger partial charge in [-0.25, -0.2) is 9.97 Å². The number of fused-ring (bicyclic) bond motifs is 2. The maximum Gasteiger partial charge on any atom is 0.107 e. The second-order valence-corrected chi connectivity index (χ2v) is 8.82. The maximum atomic E-state index is 4.78. The summed E-state index contributed by atoms with van der Waals surface area (Å²) in [5.74, 6) is 2.10. The van der Waals surface area contributed by atoms with E-state index in [2.05, 4.69) is 32.1 Å². The van der Waals surface area contributed by atoms with Gasteiger partial charge in [0.1, 0.15) is 11.6 Å². The molecule has 2 N–H and O–H groups in total. The van der Waals surface area contributed by atoms with Gasteiger partial charge in [0.2, 0.25) is 0 Å². The van der Waals surface area contributed by atoms with E-state index in [4.69, 9.17) is 25.3 Å². The molecule has 0 saturated carbocycles. The fourth-order valence-corrected chi connectivity index (χ4v) is 4.08. The molecule has 2 atom stereocenters. The highest BCUT2D eigenvalue weighted by Crippen LogP contribution is 2.20. The molecule has 4 rings (SSSR count). The normalized spacial score (nSPS) is 13.9. The molecule has 2 unspecified atom stereocenters. The first-order valence-corrected chi connectivity index (χ1v) is 10.9. The van der Waals surface area contributed by atoms with Crippen LogP contribution in [-0.4, -0.2) is 30.4 Å². The zero-order valence-corrected chi connectivity index (χ0v) is 17.6. The zero-order valence-electron chi connectivity index (χ0n) is 15.8. The van der Waals surface area contributed by atoms with Gasteiger partial charge in [-0.05, 0) is 49.9 Å². The standard InChI is InChI=1S/C22H26N4S2/c27-15(11-13-21-23-17-5-1-2-6-18(17)24-21)9-10-16(28)12-14-22-25-19-7-3-4-8-20(19)26-22/h1-8,15-16,27-28H,9-14H2,(H,23,24)(H,25,26). The van der Waals surface area contributed by atoms with Gasteiger partial charge < -0.3 is 9.97 Å². The molecule has 0 spiro atoms. The fourth-order valence-electron chi connectivity index (χ4n) is 3.53. The van der Waals surface area contributed by atoms with Crippen molar-refractivity contribution >= 4 is 47.3 Å². The predicted molar refractivity (Wildman–Crippen MR) is 124 cm³/mol. The Morgan fingerprint density at radius 3 is 1.50 bits per heavy atom. The summed E-state index contributed by atoms with van der Waals surface area (Å²) >= 11 is 9.55. The van der Waals surface area contributed by atoms with Crippen LogP contribution in [0.1, 0.15) is 37.3 Å². The number of hydrogen-bond donors (Lipinski definition) is 4. The van der Waals surface area contributed by atoms with E-state index in [1.54, 1.807) is 0 Å². The first kappa shape index (κ1) is 19.4. The number of rotatable bonds is 9. The van der Waals surface area contributed by atoms with Crippen LogP contribution in [0.5, 0.6) is 0 Å². The molecule has 2 heterocycles. The number of nitrogens with one attached hydrogen (secondary N) is 2. The van der Waals surface area contributed by atoms with Crippen molar-refractivity contribution in [3.05, 3.63) is 60.2 Å². The number of imidazole rings is 2. The molecule has 0 bridgehead atoms. The highest BCUT2D eigenvalue weighted by molar-refractivity contribution is 7.81. The molecule has 2 aromatic heterocycles. The van der Waals surface area contributed by atoms with E-state index in [1.807, 2.05) is 36.4 Å². The Hall–Kier alpha value is -1.92. The lowest BCUT2D eigenvalue weighted by Gasteiger charge is -2.13. The van der Waals surface area contributed by atoms with Crippen LogP contribution in [0.2, 0.25) is 0 Å². The van der Waals surface area contributed by atoms with Gasteiger partial charge in [-0.1, -0.05) is 24.3 Å². The van der Waals surface area contributed by atoms with Crippen LogP contribution in [0.3, 0.4) is 0 Å². The van der Waals surface area contributed by atoms with Crippen LogP contribution in [0.4, 0.5) is 0 Å². The van der Waals surface area contributed by atoms with Crippen LogP contribution in [-0.2, 0) is 12.8 Å². The van der Waals surface area contributed by atoms with Crippen molar-refractivity contribution in [2.45, 2.75) is 49.0 Å². The van der Waals surface area contributed by atoms with Crippen LogP contribution in [0.25, 0.3) is 22.1 Å². The van der Waals surface area contributed by atoms with Crippen molar-refractivity contribution in [3.8, 4) is 0 Å². The Kier molecular flexibility index (Phi) is 6.27. The quantitative estimate of drug-likeness (QED) is 0.280. The lowest BCUT2D eigenvalue weighted by Crippen LogP contribution is -2.08. The molecule has 0 saturated heterocycles. The summed E-state index contributed by atoms with van der Waals surface area (Å²) in [6, 6.07) is 16.3. The molecule has 4 nitrogen and oxygen atoms in total. The zero-order chi connectivity index (χ0) is 19.3. The Morgan fingerprint density at radius 1 is 0.643 bits per heavy atom. The van der Waals surface area contributed by atoms with E-state index >= 15 is 0 Å². The monoisotopic (exact) mass is 410 g/mol. The summed E-state index contributed by atoms with van der Waals surface area (Å²) in [6.07, 6.45) is 6.04. The summed E-state index contributed by atoms with van der Waals surface area (Å²) < 4.78 is 0. The lowest BCUT2D eigenvalue weighted by molar-refractivity contribution is 0.611. The van der Waals surface area contributed by atoms with Crippen LogP contribution < -0.4 is 0 Å². The van der Waals surface area contributed by atoms with Crippen molar-refractivity contribution in [3.63, 3.8) is 0 Å². The number of aromatic amines is 2. The number of H-pyrrole nitrogens is 2. The molecular formula is C22H26N4S2. The molecular weight excluding hydrogens is 384 g/mol. The van der Waals surface area contributed by atoms with E-state index in [-0.39, 0.29) is 0 Å². The Balaban J connectivity index is 1.19. The Morgan fingerprint density at radius 2 is 1.07 bits per heavy atom. The second-order valence-electron chi connectivity index (χ2n) is 7.36. The number of nitrogens with zero attached hydrogens (tertiary/aromatic N) is 2. The van der Waals surface area contributed by atoms with Gasteiger partial charge in [-0.3, -0.25) is 0 Å². The molecule has 0 radical (unpaired) electrons. The molecule has 0 aliphatic heterocycles. The molecule has 2 aromatic carbocycles. The topological polar surface area (TPSA) is 57.4 Å². The number of para-hydroxylation sites is 4. The van der Waals surface area contributed by atoms with E-state index in [1.165, 1.54) is 0 Å². The van der Waals surface area contributed by atoms with Crippen molar-refractivity contribution in [1.29, 1.82) is 0 Å². The second kappa shape index (κ2) is 9.05. The van der Waals surface area contributed by atoms with Crippen LogP contribution in [0.15, 0.2) is 48.5 Å². The number of aromatic nitrogens is 4. The molecule has 28 heavy (non-hydrogen) atoms. The molecule has 0 fully saturated rings. The van der Waals surface area contributed by atoms with Crippen molar-refractivity contribution in [2.75, 3.05) is 0 Å². The number of aryl methyl sites for hydroxylation is 2. The van der Waals surface area contributed by atoms with E-state index in [0.29, 0.717) is 10.5 Å². The van der Waals surface area contributed by atoms with Crippen molar-refractivity contribution < 1.29 is 0 Å². The first-order chi connectivity index (χ1) is 13.7. The van der Waals surface area contributed by atoms with Crippen molar-refractivity contribution in [1.82, 2.24) is 19.9 Å². The molecule has 4 aromatic rings. The Bertz CT molecular complexity index is 889. The van der Waals surface area contributed by atoms with Gasteiger partial charge >= 0.3 is 0 Å². The minimum atomic E-state index is 0.370. The third kappa shape index (κ3) is 4.92. The summed E-state index contributed by atoms with van der Waals surface area (Å²) in [5, 5.41) is 0.739. The van der Waals surface area contributed by atoms with Gasteiger partial charge in [0, 0.05) is 23.3 Å². The highest BCUT2D eigenvalue weighted by Gasteiger charge is 2.11. The molecule has 6 heteroatoms. The smallest absolute Gasteiger partial charge is 0.107 e. The van der Waals surface area contributed by atoms with Gasteiger partial charge in [0.05, 0.1) is 22.1 Å². The maximum absolute atomic E-state index is 4.78. The number of benzene rings is 2. The summed E-state index contributed by atoms with van der Waals surface area (Å²) in [4.78, 5) is 16.1. The molecule has 146 valence electrons. The number of thiol groups is 2. The average Bonchev–Trinajstić information content (AvgIpc) is 3.32. The van der Waals surface area contributed by atoms with E-state index in [9.17, 15) is 0 Å². The van der Waals surface area contributed by atoms with E-state index in [0.717, 1.165) is 72.2 Å². The Labute approximate surface area is 176 Å².